The fraction of sp³-hybridized carbons (Fsp3) is 1.00. The average molecular weight is 139 g/mol. The first-order chi connectivity index (χ1) is 4.97. The van der Waals surface area contributed by atoms with Crippen molar-refractivity contribution >= 4 is 0 Å². The number of nitrogens with one attached hydrogen (secondary N) is 1. The highest BCUT2D eigenvalue weighted by Gasteiger charge is 2.26. The van der Waals surface area contributed by atoms with Crippen LogP contribution in [0.2, 0.25) is 0 Å². The molecule has 2 aliphatic rings. The van der Waals surface area contributed by atoms with E-state index >= 15 is 0 Å². The third kappa shape index (κ3) is 1.20. The van der Waals surface area contributed by atoms with E-state index in [1.54, 1.807) is 0 Å². The van der Waals surface area contributed by atoms with Crippen LogP contribution in [0.25, 0.3) is 0 Å². The normalized spacial score (nSPS) is 40.8. The van der Waals surface area contributed by atoms with Crippen molar-refractivity contribution in [3.63, 3.8) is 0 Å². The molecule has 1 N–H and O–H groups in total. The Labute approximate surface area is 63.2 Å². The van der Waals surface area contributed by atoms with Crippen molar-refractivity contribution < 1.29 is 0 Å². The Balaban J connectivity index is 1.93. The van der Waals surface area contributed by atoms with Crippen LogP contribution in [0.3, 0.4) is 0 Å². The van der Waals surface area contributed by atoms with Crippen LogP contribution >= 0.6 is 0 Å². The summed E-state index contributed by atoms with van der Waals surface area (Å²) in [5.74, 6) is 1.04. The van der Waals surface area contributed by atoms with Gasteiger partial charge in [0.1, 0.15) is 0 Å². The lowest BCUT2D eigenvalue weighted by Crippen LogP contribution is -2.42. The lowest BCUT2D eigenvalue weighted by molar-refractivity contribution is 0.212. The van der Waals surface area contributed by atoms with Gasteiger partial charge >= 0.3 is 0 Å². The van der Waals surface area contributed by atoms with Gasteiger partial charge in [0.2, 0.25) is 0 Å². The summed E-state index contributed by atoms with van der Waals surface area (Å²) in [5.41, 5.74) is 0. The molecule has 1 heteroatoms. The maximum absolute atomic E-state index is 3.62. The van der Waals surface area contributed by atoms with Gasteiger partial charge in [0.15, 0.2) is 0 Å². The Morgan fingerprint density at radius 2 is 1.70 bits per heavy atom. The standard InChI is InChI=1S/C9H17N/c1-2-6-9-8(4-1)5-3-7-10-9/h8-10H,1-7H2/t8-,9+/m1/s1. The molecule has 0 amide bonds. The molecule has 1 saturated heterocycles. The van der Waals surface area contributed by atoms with E-state index < -0.39 is 0 Å². The van der Waals surface area contributed by atoms with Crippen LogP contribution in [-0.4, -0.2) is 12.6 Å². The highest BCUT2D eigenvalue weighted by Crippen LogP contribution is 2.29. The molecule has 2 atom stereocenters. The highest BCUT2D eigenvalue weighted by atomic mass is 14.9. The second kappa shape index (κ2) is 2.91. The molecule has 0 radical (unpaired) electrons. The second-order valence-electron chi connectivity index (χ2n) is 3.75. The zero-order valence-electron chi connectivity index (χ0n) is 6.60. The van der Waals surface area contributed by atoms with E-state index in [-0.39, 0.29) is 0 Å². The van der Waals surface area contributed by atoms with Crippen LogP contribution in [0.15, 0.2) is 0 Å². The molecule has 1 saturated carbocycles. The first-order valence-corrected chi connectivity index (χ1v) is 4.70. The summed E-state index contributed by atoms with van der Waals surface area (Å²) in [5, 5.41) is 3.62. The summed E-state index contributed by atoms with van der Waals surface area (Å²) >= 11 is 0. The number of hydrogen-bond acceptors (Lipinski definition) is 1. The summed E-state index contributed by atoms with van der Waals surface area (Å²) in [6, 6.07) is 0.905. The number of rotatable bonds is 0. The van der Waals surface area contributed by atoms with Gasteiger partial charge in [0.25, 0.3) is 0 Å². The minimum Gasteiger partial charge on any atom is -0.314 e. The molecule has 0 bridgehead atoms. The maximum Gasteiger partial charge on any atom is 0.00953 e. The van der Waals surface area contributed by atoms with Crippen molar-refractivity contribution in [1.29, 1.82) is 0 Å². The summed E-state index contributed by atoms with van der Waals surface area (Å²) in [4.78, 5) is 0. The van der Waals surface area contributed by atoms with E-state index in [0.29, 0.717) is 0 Å². The van der Waals surface area contributed by atoms with Gasteiger partial charge in [-0.05, 0) is 38.1 Å². The van der Waals surface area contributed by atoms with Gasteiger partial charge in [-0.25, -0.2) is 0 Å². The van der Waals surface area contributed by atoms with Crippen molar-refractivity contribution in [3.05, 3.63) is 0 Å². The summed E-state index contributed by atoms with van der Waals surface area (Å²) < 4.78 is 0. The van der Waals surface area contributed by atoms with Crippen LogP contribution in [0, 0.1) is 5.92 Å². The molecule has 2 fully saturated rings. The molecule has 58 valence electrons. The smallest absolute Gasteiger partial charge is 0.00953 e. The average Bonchev–Trinajstić information content (AvgIpc) is 2.05. The summed E-state index contributed by atoms with van der Waals surface area (Å²) in [6.45, 7) is 1.28. The Kier molecular flexibility index (Phi) is 1.94. The quantitative estimate of drug-likeness (QED) is 0.540. The largest absolute Gasteiger partial charge is 0.314 e. The Morgan fingerprint density at radius 3 is 2.60 bits per heavy atom. The second-order valence-corrected chi connectivity index (χ2v) is 3.75. The van der Waals surface area contributed by atoms with Crippen LogP contribution in [0.1, 0.15) is 38.5 Å². The van der Waals surface area contributed by atoms with Crippen LogP contribution in [0.5, 0.6) is 0 Å². The Morgan fingerprint density at radius 1 is 0.900 bits per heavy atom. The van der Waals surface area contributed by atoms with Crippen molar-refractivity contribution in [1.82, 2.24) is 5.32 Å². The van der Waals surface area contributed by atoms with Gasteiger partial charge < -0.3 is 5.32 Å². The Hall–Kier alpha value is -0.0400. The van der Waals surface area contributed by atoms with Crippen LogP contribution in [-0.2, 0) is 0 Å². The van der Waals surface area contributed by atoms with E-state index in [4.69, 9.17) is 0 Å². The van der Waals surface area contributed by atoms with Crippen molar-refractivity contribution in [2.45, 2.75) is 44.6 Å². The highest BCUT2D eigenvalue weighted by molar-refractivity contribution is 4.84. The number of piperidine rings is 1. The molecule has 2 rings (SSSR count). The van der Waals surface area contributed by atoms with Crippen molar-refractivity contribution in [3.8, 4) is 0 Å². The monoisotopic (exact) mass is 139 g/mol. The molecule has 0 spiro atoms. The summed E-state index contributed by atoms with van der Waals surface area (Å²) in [7, 11) is 0. The zero-order valence-corrected chi connectivity index (χ0v) is 6.60. The first-order valence-electron chi connectivity index (χ1n) is 4.70. The molecule has 1 aliphatic heterocycles. The number of hydrogen-bond donors (Lipinski definition) is 1. The van der Waals surface area contributed by atoms with Crippen LogP contribution in [0.4, 0.5) is 0 Å². The van der Waals surface area contributed by atoms with Gasteiger partial charge in [0, 0.05) is 6.04 Å². The minimum absolute atomic E-state index is 0.905. The molecule has 1 nitrogen and oxygen atoms in total. The molecule has 1 heterocycles. The van der Waals surface area contributed by atoms with Gasteiger partial charge in [-0.3, -0.25) is 0 Å². The van der Waals surface area contributed by atoms with E-state index in [1.807, 2.05) is 0 Å². The zero-order chi connectivity index (χ0) is 6.81. The van der Waals surface area contributed by atoms with Crippen molar-refractivity contribution in [2.24, 2.45) is 5.92 Å². The molecule has 10 heavy (non-hydrogen) atoms. The molecular formula is C9H17N. The van der Waals surface area contributed by atoms with Gasteiger partial charge in [-0.1, -0.05) is 12.8 Å². The SMILES string of the molecule is C1CC[C@@H]2NCCC[C@H]2C1. The third-order valence-electron chi connectivity index (χ3n) is 3.07. The van der Waals surface area contributed by atoms with E-state index in [2.05, 4.69) is 5.32 Å². The lowest BCUT2D eigenvalue weighted by atomic mass is 9.80. The molecule has 0 aromatic heterocycles. The van der Waals surface area contributed by atoms with E-state index in [1.165, 1.54) is 45.1 Å². The fourth-order valence-corrected chi connectivity index (χ4v) is 2.47. The topological polar surface area (TPSA) is 12.0 Å². The number of fused-ring (bicyclic) bond motifs is 1. The molecule has 0 aromatic carbocycles. The lowest BCUT2D eigenvalue weighted by Gasteiger charge is -2.36. The molecule has 1 aliphatic carbocycles. The fourth-order valence-electron chi connectivity index (χ4n) is 2.47. The maximum atomic E-state index is 3.62. The van der Waals surface area contributed by atoms with Gasteiger partial charge in [-0.2, -0.15) is 0 Å². The molecule has 0 unspecified atom stereocenters. The first kappa shape index (κ1) is 6.66. The summed E-state index contributed by atoms with van der Waals surface area (Å²) in [6.07, 6.45) is 8.82. The third-order valence-corrected chi connectivity index (χ3v) is 3.07. The minimum atomic E-state index is 0.905. The molecular weight excluding hydrogens is 122 g/mol. The predicted octanol–water partition coefficient (Wildman–Crippen LogP) is 1.93. The Bertz CT molecular complexity index is 85.3. The van der Waals surface area contributed by atoms with E-state index in [0.717, 1.165) is 12.0 Å². The van der Waals surface area contributed by atoms with Gasteiger partial charge in [0.05, 0.1) is 0 Å². The predicted molar refractivity (Wildman–Crippen MR) is 43.0 cm³/mol. The van der Waals surface area contributed by atoms with Crippen LogP contribution < -0.4 is 5.32 Å². The van der Waals surface area contributed by atoms with Gasteiger partial charge in [-0.15, -0.1) is 0 Å². The molecule has 0 aromatic rings. The van der Waals surface area contributed by atoms with E-state index in [9.17, 15) is 0 Å². The van der Waals surface area contributed by atoms with Crippen molar-refractivity contribution in [2.75, 3.05) is 6.54 Å².